The molecule has 1 aliphatic heterocycles. The Hall–Kier alpha value is -2.94. The molecule has 2 amide bonds. The fourth-order valence-electron chi connectivity index (χ4n) is 3.11. The van der Waals surface area contributed by atoms with Crippen molar-refractivity contribution in [3.05, 3.63) is 59.7 Å². The molecule has 0 aromatic heterocycles. The molecule has 1 heterocycles. The molecule has 5 nitrogen and oxygen atoms in total. The quantitative estimate of drug-likeness (QED) is 0.681. The van der Waals surface area contributed by atoms with Gasteiger partial charge in [0.1, 0.15) is 23.3 Å². The summed E-state index contributed by atoms with van der Waals surface area (Å²) in [7, 11) is 0. The molecule has 148 valence electrons. The average Bonchev–Trinajstić information content (AvgIpc) is 3.09. The summed E-state index contributed by atoms with van der Waals surface area (Å²) in [5.41, 5.74) is -1.61. The lowest BCUT2D eigenvalue weighted by Crippen LogP contribution is -2.41. The third-order valence-electron chi connectivity index (χ3n) is 4.61. The van der Waals surface area contributed by atoms with Gasteiger partial charge in [0.25, 0.3) is 0 Å². The zero-order chi connectivity index (χ0) is 20.3. The topological polar surface area (TPSA) is 70.2 Å². The normalized spacial score (nSPS) is 18.7. The monoisotopic (exact) mass is 395 g/mol. The van der Waals surface area contributed by atoms with Gasteiger partial charge in [-0.05, 0) is 37.2 Å². The first-order valence-corrected chi connectivity index (χ1v) is 8.51. The van der Waals surface area contributed by atoms with Gasteiger partial charge in [0, 0.05) is 25.1 Å². The molecule has 1 fully saturated rings. The Labute approximate surface area is 158 Å². The van der Waals surface area contributed by atoms with Crippen LogP contribution in [0.25, 0.3) is 0 Å². The highest BCUT2D eigenvalue weighted by Crippen LogP contribution is 2.32. The van der Waals surface area contributed by atoms with Crippen LogP contribution in [0.5, 0.6) is 0 Å². The SMILES string of the molecule is O=C(CC1(C(=O)Nc2ccc(F)cc2F)CCNC1)Nc1ccc(F)cc1F. The fraction of sp³-hybridized carbons (Fsp3) is 0.263. The van der Waals surface area contributed by atoms with Gasteiger partial charge >= 0.3 is 0 Å². The van der Waals surface area contributed by atoms with Gasteiger partial charge in [-0.2, -0.15) is 0 Å². The van der Waals surface area contributed by atoms with Gasteiger partial charge in [-0.15, -0.1) is 0 Å². The summed E-state index contributed by atoms with van der Waals surface area (Å²) >= 11 is 0. The van der Waals surface area contributed by atoms with Gasteiger partial charge < -0.3 is 16.0 Å². The molecule has 28 heavy (non-hydrogen) atoms. The van der Waals surface area contributed by atoms with Crippen LogP contribution >= 0.6 is 0 Å². The van der Waals surface area contributed by atoms with Gasteiger partial charge in [-0.3, -0.25) is 9.59 Å². The van der Waals surface area contributed by atoms with Crippen molar-refractivity contribution in [2.75, 3.05) is 23.7 Å². The molecule has 2 aromatic rings. The maximum atomic E-state index is 13.8. The number of rotatable bonds is 5. The molecule has 2 aromatic carbocycles. The Kier molecular flexibility index (Phi) is 5.64. The molecule has 1 atom stereocenters. The Bertz CT molecular complexity index is 914. The van der Waals surface area contributed by atoms with Crippen molar-refractivity contribution in [1.29, 1.82) is 0 Å². The number of hydrogen-bond acceptors (Lipinski definition) is 3. The summed E-state index contributed by atoms with van der Waals surface area (Å²) in [6.45, 7) is 0.610. The molecule has 1 unspecified atom stereocenters. The van der Waals surface area contributed by atoms with Crippen molar-refractivity contribution >= 4 is 23.2 Å². The van der Waals surface area contributed by atoms with E-state index >= 15 is 0 Å². The highest BCUT2D eigenvalue weighted by atomic mass is 19.1. The van der Waals surface area contributed by atoms with Crippen molar-refractivity contribution in [2.24, 2.45) is 5.41 Å². The minimum Gasteiger partial charge on any atom is -0.324 e. The minimum absolute atomic E-state index is 0.154. The molecule has 0 spiro atoms. The second kappa shape index (κ2) is 7.97. The summed E-state index contributed by atoms with van der Waals surface area (Å²) in [5, 5.41) is 7.67. The van der Waals surface area contributed by atoms with Crippen molar-refractivity contribution in [2.45, 2.75) is 12.8 Å². The fourth-order valence-corrected chi connectivity index (χ4v) is 3.11. The number of nitrogens with one attached hydrogen (secondary N) is 3. The third-order valence-corrected chi connectivity index (χ3v) is 4.61. The van der Waals surface area contributed by atoms with E-state index in [1.807, 2.05) is 0 Å². The molecule has 3 N–H and O–H groups in total. The van der Waals surface area contributed by atoms with E-state index in [9.17, 15) is 27.2 Å². The van der Waals surface area contributed by atoms with Crippen molar-refractivity contribution < 1.29 is 27.2 Å². The van der Waals surface area contributed by atoms with E-state index in [0.29, 0.717) is 25.1 Å². The smallest absolute Gasteiger partial charge is 0.232 e. The summed E-state index contributed by atoms with van der Waals surface area (Å²) in [5.74, 6) is -4.71. The van der Waals surface area contributed by atoms with Crippen LogP contribution in [0.4, 0.5) is 28.9 Å². The zero-order valence-corrected chi connectivity index (χ0v) is 14.6. The lowest BCUT2D eigenvalue weighted by molar-refractivity contribution is -0.129. The van der Waals surface area contributed by atoms with Gasteiger partial charge in [0.05, 0.1) is 16.8 Å². The van der Waals surface area contributed by atoms with E-state index in [2.05, 4.69) is 16.0 Å². The molecular weight excluding hydrogens is 378 g/mol. The number of carbonyl (C=O) groups excluding carboxylic acids is 2. The van der Waals surface area contributed by atoms with Crippen LogP contribution in [0.2, 0.25) is 0 Å². The lowest BCUT2D eigenvalue weighted by atomic mass is 9.82. The number of amides is 2. The van der Waals surface area contributed by atoms with E-state index in [-0.39, 0.29) is 24.3 Å². The van der Waals surface area contributed by atoms with Crippen LogP contribution in [-0.2, 0) is 9.59 Å². The van der Waals surface area contributed by atoms with E-state index in [4.69, 9.17) is 0 Å². The molecule has 1 aliphatic rings. The Balaban J connectivity index is 1.74. The maximum absolute atomic E-state index is 13.8. The second-order valence-electron chi connectivity index (χ2n) is 6.63. The number of carbonyl (C=O) groups is 2. The van der Waals surface area contributed by atoms with E-state index < -0.39 is 40.5 Å². The standard InChI is InChI=1S/C19H17F4N3O2/c20-11-1-3-15(13(22)7-11)25-17(27)9-19(5-6-24-10-19)18(28)26-16-4-2-12(21)8-14(16)23/h1-4,7-8,24H,5-6,9-10H2,(H,25,27)(H,26,28). The van der Waals surface area contributed by atoms with Crippen LogP contribution in [0.15, 0.2) is 36.4 Å². The third kappa shape index (κ3) is 4.30. The number of anilines is 2. The first kappa shape index (κ1) is 19.8. The highest BCUT2D eigenvalue weighted by molar-refractivity contribution is 6.01. The Morgan fingerprint density at radius 3 is 2.00 bits per heavy atom. The first-order valence-electron chi connectivity index (χ1n) is 8.51. The van der Waals surface area contributed by atoms with E-state index in [0.717, 1.165) is 24.3 Å². The molecule has 3 rings (SSSR count). The molecule has 0 bridgehead atoms. The molecular formula is C19H17F4N3O2. The average molecular weight is 395 g/mol. The predicted octanol–water partition coefficient (Wildman–Crippen LogP) is 3.19. The van der Waals surface area contributed by atoms with Crippen LogP contribution in [0.3, 0.4) is 0 Å². The highest BCUT2D eigenvalue weighted by Gasteiger charge is 2.43. The summed E-state index contributed by atoms with van der Waals surface area (Å²) in [6, 6.07) is 5.44. The van der Waals surface area contributed by atoms with E-state index in [1.165, 1.54) is 0 Å². The lowest BCUT2D eigenvalue weighted by Gasteiger charge is -2.26. The first-order chi connectivity index (χ1) is 13.3. The van der Waals surface area contributed by atoms with Crippen LogP contribution in [-0.4, -0.2) is 24.9 Å². The van der Waals surface area contributed by atoms with Gasteiger partial charge in [0.2, 0.25) is 11.8 Å². The van der Waals surface area contributed by atoms with Crippen molar-refractivity contribution in [3.63, 3.8) is 0 Å². The summed E-state index contributed by atoms with van der Waals surface area (Å²) in [6.07, 6.45) is -0.00751. The van der Waals surface area contributed by atoms with Crippen molar-refractivity contribution in [3.8, 4) is 0 Å². The molecule has 1 saturated heterocycles. The summed E-state index contributed by atoms with van der Waals surface area (Å²) in [4.78, 5) is 25.1. The maximum Gasteiger partial charge on any atom is 0.232 e. The van der Waals surface area contributed by atoms with Gasteiger partial charge in [-0.25, -0.2) is 17.6 Å². The molecule has 0 radical (unpaired) electrons. The predicted molar refractivity (Wildman–Crippen MR) is 94.5 cm³/mol. The molecule has 0 saturated carbocycles. The zero-order valence-electron chi connectivity index (χ0n) is 14.6. The number of benzene rings is 2. The molecule has 0 aliphatic carbocycles. The van der Waals surface area contributed by atoms with Gasteiger partial charge in [0.15, 0.2) is 0 Å². The Morgan fingerprint density at radius 1 is 0.929 bits per heavy atom. The van der Waals surface area contributed by atoms with Crippen LogP contribution in [0, 0.1) is 28.7 Å². The largest absolute Gasteiger partial charge is 0.324 e. The van der Waals surface area contributed by atoms with Crippen LogP contribution < -0.4 is 16.0 Å². The number of hydrogen-bond donors (Lipinski definition) is 3. The summed E-state index contributed by atoms with van der Waals surface area (Å²) < 4.78 is 53.6. The minimum atomic E-state index is -1.19. The van der Waals surface area contributed by atoms with Gasteiger partial charge in [-0.1, -0.05) is 0 Å². The van der Waals surface area contributed by atoms with Crippen molar-refractivity contribution in [1.82, 2.24) is 5.32 Å². The molecule has 9 heteroatoms. The number of halogens is 4. The Morgan fingerprint density at radius 2 is 1.50 bits per heavy atom. The van der Waals surface area contributed by atoms with Crippen LogP contribution in [0.1, 0.15) is 12.8 Å². The second-order valence-corrected chi connectivity index (χ2v) is 6.63. The van der Waals surface area contributed by atoms with E-state index in [1.54, 1.807) is 0 Å².